The summed E-state index contributed by atoms with van der Waals surface area (Å²) in [5.41, 5.74) is 10.4. The third-order valence-electron chi connectivity index (χ3n) is 3.83. The highest BCUT2D eigenvalue weighted by molar-refractivity contribution is 5.98. The molecule has 3 N–H and O–H groups in total. The summed E-state index contributed by atoms with van der Waals surface area (Å²) in [6.45, 7) is 3.21. The third kappa shape index (κ3) is 4.43. The summed E-state index contributed by atoms with van der Waals surface area (Å²) < 4.78 is 5.45. The number of hydrogen-bond donors (Lipinski definition) is 2. The smallest absolute Gasteiger partial charge is 0.250 e. The van der Waals surface area contributed by atoms with Crippen LogP contribution < -0.4 is 16.2 Å². The molecule has 0 spiro atoms. The van der Waals surface area contributed by atoms with E-state index in [1.807, 2.05) is 32.3 Å². The Balaban J connectivity index is 2.20. The predicted octanol–water partition coefficient (Wildman–Crippen LogP) is 0.837. The molecule has 6 nitrogen and oxygen atoms in total. The molecule has 1 aromatic rings. The first kappa shape index (κ1) is 16.7. The van der Waals surface area contributed by atoms with Crippen LogP contribution in [0.2, 0.25) is 0 Å². The van der Waals surface area contributed by atoms with Crippen molar-refractivity contribution in [3.05, 3.63) is 29.8 Å². The van der Waals surface area contributed by atoms with Crippen LogP contribution in [0.3, 0.4) is 0 Å². The Bertz CT molecular complexity index is 487. The van der Waals surface area contributed by atoms with Gasteiger partial charge < -0.3 is 20.4 Å². The van der Waals surface area contributed by atoms with E-state index in [1.54, 1.807) is 6.07 Å². The van der Waals surface area contributed by atoms with Crippen molar-refractivity contribution in [2.24, 2.45) is 5.73 Å². The number of nitrogens with two attached hydrogens (primary N) is 1. The molecule has 1 aliphatic heterocycles. The lowest BCUT2D eigenvalue weighted by molar-refractivity contribution is 0.0819. The van der Waals surface area contributed by atoms with Crippen molar-refractivity contribution in [2.75, 3.05) is 45.4 Å². The maximum Gasteiger partial charge on any atom is 0.250 e. The van der Waals surface area contributed by atoms with Gasteiger partial charge in [0.1, 0.15) is 0 Å². The van der Waals surface area contributed by atoms with E-state index in [0.717, 1.165) is 44.8 Å². The lowest BCUT2D eigenvalue weighted by atomic mass is 10.1. The van der Waals surface area contributed by atoms with Gasteiger partial charge in [0.25, 0.3) is 5.91 Å². The number of amides is 1. The molecule has 0 atom stereocenters. The van der Waals surface area contributed by atoms with Crippen LogP contribution in [-0.2, 0) is 4.74 Å². The highest BCUT2D eigenvalue weighted by atomic mass is 16.5. The summed E-state index contributed by atoms with van der Waals surface area (Å²) >= 11 is 0. The molecule has 2 rings (SSSR count). The third-order valence-corrected chi connectivity index (χ3v) is 3.83. The van der Waals surface area contributed by atoms with Crippen LogP contribution in [0.4, 0.5) is 5.69 Å². The van der Waals surface area contributed by atoms with Crippen molar-refractivity contribution in [1.82, 2.24) is 10.3 Å². The monoisotopic (exact) mass is 306 g/mol. The van der Waals surface area contributed by atoms with Crippen molar-refractivity contribution >= 4 is 11.6 Å². The molecule has 1 heterocycles. The fraction of sp³-hybridized carbons (Fsp3) is 0.562. The number of rotatable bonds is 7. The molecule has 1 fully saturated rings. The Morgan fingerprint density at radius 3 is 2.64 bits per heavy atom. The van der Waals surface area contributed by atoms with E-state index in [0.29, 0.717) is 11.6 Å². The molecule has 0 saturated carbocycles. The maximum absolute atomic E-state index is 11.7. The first-order chi connectivity index (χ1) is 10.6. The lowest BCUT2D eigenvalue weighted by Crippen LogP contribution is -2.50. The number of carbonyl (C=O) groups excluding carboxylic acids is 1. The van der Waals surface area contributed by atoms with Crippen molar-refractivity contribution in [3.8, 4) is 0 Å². The molecule has 22 heavy (non-hydrogen) atoms. The molecule has 0 bridgehead atoms. The zero-order valence-corrected chi connectivity index (χ0v) is 13.4. The molecule has 0 radical (unpaired) electrons. The van der Waals surface area contributed by atoms with Crippen molar-refractivity contribution in [1.29, 1.82) is 0 Å². The number of primary amides is 1. The largest absolute Gasteiger partial charge is 0.381 e. The van der Waals surface area contributed by atoms with E-state index >= 15 is 0 Å². The summed E-state index contributed by atoms with van der Waals surface area (Å²) in [7, 11) is 4.08. The van der Waals surface area contributed by atoms with E-state index in [4.69, 9.17) is 10.5 Å². The summed E-state index contributed by atoms with van der Waals surface area (Å²) in [6.07, 6.45) is 1.87. The Morgan fingerprint density at radius 1 is 1.32 bits per heavy atom. The Kier molecular flexibility index (Phi) is 6.18. The van der Waals surface area contributed by atoms with Gasteiger partial charge in [-0.3, -0.25) is 4.79 Å². The molecule has 1 saturated heterocycles. The second-order valence-electron chi connectivity index (χ2n) is 5.81. The number of hydrogen-bond acceptors (Lipinski definition) is 5. The number of likely N-dealkylation sites (N-methyl/N-ethyl adjacent to an activating group) is 1. The van der Waals surface area contributed by atoms with Gasteiger partial charge in [0.2, 0.25) is 0 Å². The molecule has 0 aliphatic carbocycles. The minimum absolute atomic E-state index is 0.302. The summed E-state index contributed by atoms with van der Waals surface area (Å²) in [6, 6.07) is 7.79. The Labute approximate surface area is 132 Å². The van der Waals surface area contributed by atoms with E-state index in [1.165, 1.54) is 0 Å². The quantitative estimate of drug-likeness (QED) is 0.731. The molecule has 1 aromatic carbocycles. The second-order valence-corrected chi connectivity index (χ2v) is 5.81. The predicted molar refractivity (Wildman–Crippen MR) is 87.8 cm³/mol. The van der Waals surface area contributed by atoms with Crippen LogP contribution in [0.1, 0.15) is 23.2 Å². The first-order valence-corrected chi connectivity index (χ1v) is 7.73. The summed E-state index contributed by atoms with van der Waals surface area (Å²) in [5, 5.41) is 2.10. The van der Waals surface area contributed by atoms with Gasteiger partial charge in [-0.1, -0.05) is 12.1 Å². The highest BCUT2D eigenvalue weighted by Gasteiger charge is 2.24. The molecular weight excluding hydrogens is 280 g/mol. The molecule has 1 amide bonds. The van der Waals surface area contributed by atoms with E-state index < -0.39 is 5.91 Å². The lowest BCUT2D eigenvalue weighted by Gasteiger charge is -2.37. The number of nitrogens with zero attached hydrogens (tertiary/aromatic N) is 2. The van der Waals surface area contributed by atoms with Crippen LogP contribution in [0.5, 0.6) is 0 Å². The minimum Gasteiger partial charge on any atom is -0.381 e. The van der Waals surface area contributed by atoms with Crippen LogP contribution in [0.25, 0.3) is 0 Å². The molecule has 122 valence electrons. The Morgan fingerprint density at radius 2 is 2.00 bits per heavy atom. The number of carbonyl (C=O) groups is 1. The summed E-state index contributed by atoms with van der Waals surface area (Å²) in [5.74, 6) is -0.401. The number of anilines is 1. The molecule has 0 unspecified atom stereocenters. The highest BCUT2D eigenvalue weighted by Crippen LogP contribution is 2.24. The van der Waals surface area contributed by atoms with E-state index in [2.05, 4.69) is 15.3 Å². The minimum atomic E-state index is -0.401. The van der Waals surface area contributed by atoms with Crippen molar-refractivity contribution in [2.45, 2.75) is 18.9 Å². The normalized spacial score (nSPS) is 16.0. The molecular formula is C16H26N4O2. The van der Waals surface area contributed by atoms with Gasteiger partial charge in [-0.25, -0.2) is 5.43 Å². The first-order valence-electron chi connectivity index (χ1n) is 7.73. The van der Waals surface area contributed by atoms with Gasteiger partial charge in [0.15, 0.2) is 0 Å². The zero-order valence-electron chi connectivity index (χ0n) is 13.4. The number of ether oxygens (including phenoxy) is 1. The van der Waals surface area contributed by atoms with Crippen LogP contribution >= 0.6 is 0 Å². The summed E-state index contributed by atoms with van der Waals surface area (Å²) in [4.78, 5) is 13.8. The van der Waals surface area contributed by atoms with Crippen LogP contribution in [-0.4, -0.2) is 57.2 Å². The van der Waals surface area contributed by atoms with Gasteiger partial charge >= 0.3 is 0 Å². The van der Waals surface area contributed by atoms with Gasteiger partial charge in [-0.05, 0) is 39.1 Å². The van der Waals surface area contributed by atoms with E-state index in [9.17, 15) is 4.79 Å². The fourth-order valence-corrected chi connectivity index (χ4v) is 2.64. The van der Waals surface area contributed by atoms with Crippen LogP contribution in [0.15, 0.2) is 24.3 Å². The number of benzene rings is 1. The molecule has 0 aromatic heterocycles. The van der Waals surface area contributed by atoms with Crippen LogP contribution in [0, 0.1) is 0 Å². The SMILES string of the molecule is CN(C)CCNN(c1ccccc1C(N)=O)C1CCOCC1. The number of para-hydroxylation sites is 1. The average molecular weight is 306 g/mol. The van der Waals surface area contributed by atoms with Crippen molar-refractivity contribution < 1.29 is 9.53 Å². The Hall–Kier alpha value is -1.63. The molecule has 1 aliphatic rings. The van der Waals surface area contributed by atoms with Gasteiger partial charge in [-0.2, -0.15) is 0 Å². The standard InChI is InChI=1S/C16H26N4O2/c1-19(2)10-9-18-20(13-7-11-22-12-8-13)15-6-4-3-5-14(15)16(17)21/h3-6,13,18H,7-12H2,1-2H3,(H2,17,21). The van der Waals surface area contributed by atoms with Gasteiger partial charge in [-0.15, -0.1) is 0 Å². The maximum atomic E-state index is 11.7. The molecule has 6 heteroatoms. The topological polar surface area (TPSA) is 70.8 Å². The van der Waals surface area contributed by atoms with Gasteiger partial charge in [0.05, 0.1) is 11.3 Å². The van der Waals surface area contributed by atoms with Crippen molar-refractivity contribution in [3.63, 3.8) is 0 Å². The average Bonchev–Trinajstić information content (AvgIpc) is 2.52. The van der Waals surface area contributed by atoms with Gasteiger partial charge in [0, 0.05) is 32.3 Å². The second kappa shape index (κ2) is 8.12. The fourth-order valence-electron chi connectivity index (χ4n) is 2.64. The number of nitrogens with one attached hydrogen (secondary N) is 1. The van der Waals surface area contributed by atoms with E-state index in [-0.39, 0.29) is 0 Å². The number of hydrazine groups is 1. The zero-order chi connectivity index (χ0) is 15.9.